The fourth-order valence-corrected chi connectivity index (χ4v) is 1.60. The number of thiocarbonyl (C=S) groups is 1. The van der Waals surface area contributed by atoms with Gasteiger partial charge < -0.3 is 19.9 Å². The molecule has 0 aliphatic carbocycles. The van der Waals surface area contributed by atoms with Gasteiger partial charge in [0.25, 0.3) is 0 Å². The minimum atomic E-state index is 0.187. The lowest BCUT2D eigenvalue weighted by atomic mass is 10.4. The highest BCUT2D eigenvalue weighted by molar-refractivity contribution is 7.80. The summed E-state index contributed by atoms with van der Waals surface area (Å²) >= 11 is 5.12. The van der Waals surface area contributed by atoms with E-state index >= 15 is 0 Å². The molecule has 0 aromatic carbocycles. The number of rotatable bonds is 6. The Hall–Kier alpha value is -1.21. The molecule has 0 fully saturated rings. The van der Waals surface area contributed by atoms with Crippen molar-refractivity contribution in [3.63, 3.8) is 0 Å². The van der Waals surface area contributed by atoms with Crippen LogP contribution in [0.5, 0.6) is 0 Å². The molecule has 0 amide bonds. The summed E-state index contributed by atoms with van der Waals surface area (Å²) < 4.78 is 9.86. The van der Waals surface area contributed by atoms with E-state index < -0.39 is 0 Å². The molecule has 0 saturated heterocycles. The van der Waals surface area contributed by atoms with Crippen LogP contribution in [0.15, 0.2) is 4.52 Å². The van der Waals surface area contributed by atoms with Gasteiger partial charge in [0.15, 0.2) is 10.9 Å². The SMILES string of the molecule is COCC(C)NC(=S)NCCc1noc(C)n1. The Morgan fingerprint density at radius 1 is 1.59 bits per heavy atom. The van der Waals surface area contributed by atoms with E-state index in [1.807, 2.05) is 6.92 Å². The van der Waals surface area contributed by atoms with Crippen LogP contribution in [0.4, 0.5) is 0 Å². The third kappa shape index (κ3) is 5.60. The Bertz CT molecular complexity index is 356. The maximum absolute atomic E-state index is 5.12. The Balaban J connectivity index is 2.16. The van der Waals surface area contributed by atoms with Crippen molar-refractivity contribution >= 4 is 17.3 Å². The fourth-order valence-electron chi connectivity index (χ4n) is 1.30. The number of hydrogen-bond acceptors (Lipinski definition) is 5. The first-order chi connectivity index (χ1) is 8.11. The van der Waals surface area contributed by atoms with Gasteiger partial charge in [-0.15, -0.1) is 0 Å². The minimum absolute atomic E-state index is 0.187. The lowest BCUT2D eigenvalue weighted by Crippen LogP contribution is -2.43. The molecule has 1 atom stereocenters. The zero-order chi connectivity index (χ0) is 12.7. The predicted molar refractivity (Wildman–Crippen MR) is 67.8 cm³/mol. The molecule has 1 aromatic heterocycles. The van der Waals surface area contributed by atoms with Crippen LogP contribution < -0.4 is 10.6 Å². The van der Waals surface area contributed by atoms with Crippen molar-refractivity contribution in [1.82, 2.24) is 20.8 Å². The zero-order valence-electron chi connectivity index (χ0n) is 10.3. The van der Waals surface area contributed by atoms with Gasteiger partial charge in [0.05, 0.1) is 6.61 Å². The van der Waals surface area contributed by atoms with Crippen LogP contribution in [0.3, 0.4) is 0 Å². The summed E-state index contributed by atoms with van der Waals surface area (Å²) in [5, 5.41) is 10.6. The number of ether oxygens (including phenoxy) is 1. The average Bonchev–Trinajstić information content (AvgIpc) is 2.64. The van der Waals surface area contributed by atoms with E-state index in [0.29, 0.717) is 36.4 Å². The maximum Gasteiger partial charge on any atom is 0.223 e. The lowest BCUT2D eigenvalue weighted by molar-refractivity contribution is 0.179. The number of aryl methyl sites for hydroxylation is 1. The molecule has 1 aromatic rings. The van der Waals surface area contributed by atoms with Crippen LogP contribution in [0.2, 0.25) is 0 Å². The first-order valence-corrected chi connectivity index (χ1v) is 5.85. The van der Waals surface area contributed by atoms with Gasteiger partial charge in [-0.25, -0.2) is 0 Å². The van der Waals surface area contributed by atoms with E-state index in [0.717, 1.165) is 0 Å². The fraction of sp³-hybridized carbons (Fsp3) is 0.700. The minimum Gasteiger partial charge on any atom is -0.383 e. The molecule has 0 aliphatic rings. The molecular formula is C10H18N4O2S. The number of aromatic nitrogens is 2. The molecule has 17 heavy (non-hydrogen) atoms. The number of nitrogens with zero attached hydrogens (tertiary/aromatic N) is 2. The van der Waals surface area contributed by atoms with Gasteiger partial charge in [0.2, 0.25) is 5.89 Å². The van der Waals surface area contributed by atoms with Gasteiger partial charge in [-0.2, -0.15) is 4.98 Å². The molecule has 0 spiro atoms. The lowest BCUT2D eigenvalue weighted by Gasteiger charge is -2.15. The van der Waals surface area contributed by atoms with Crippen molar-refractivity contribution in [2.45, 2.75) is 26.3 Å². The molecule has 7 heteroatoms. The van der Waals surface area contributed by atoms with Crippen LogP contribution in [0, 0.1) is 6.92 Å². The van der Waals surface area contributed by atoms with Crippen LogP contribution >= 0.6 is 12.2 Å². The molecule has 0 saturated carbocycles. The molecule has 6 nitrogen and oxygen atoms in total. The van der Waals surface area contributed by atoms with Crippen molar-refractivity contribution in [1.29, 1.82) is 0 Å². The topological polar surface area (TPSA) is 72.2 Å². The first kappa shape index (κ1) is 13.9. The summed E-state index contributed by atoms with van der Waals surface area (Å²) in [5.74, 6) is 1.26. The summed E-state index contributed by atoms with van der Waals surface area (Å²) in [6, 6.07) is 0.187. The van der Waals surface area contributed by atoms with Crippen molar-refractivity contribution in [3.8, 4) is 0 Å². The molecular weight excluding hydrogens is 240 g/mol. The smallest absolute Gasteiger partial charge is 0.223 e. The van der Waals surface area contributed by atoms with Crippen LogP contribution in [-0.4, -0.2) is 41.6 Å². The highest BCUT2D eigenvalue weighted by Gasteiger charge is 2.04. The van der Waals surface area contributed by atoms with E-state index in [2.05, 4.69) is 20.8 Å². The third-order valence-corrected chi connectivity index (χ3v) is 2.26. The van der Waals surface area contributed by atoms with E-state index in [9.17, 15) is 0 Å². The number of methoxy groups -OCH3 is 1. The van der Waals surface area contributed by atoms with Crippen LogP contribution in [-0.2, 0) is 11.2 Å². The normalized spacial score (nSPS) is 12.2. The molecule has 96 valence electrons. The van der Waals surface area contributed by atoms with Crippen molar-refractivity contribution < 1.29 is 9.26 Å². The summed E-state index contributed by atoms with van der Waals surface area (Å²) in [4.78, 5) is 4.10. The molecule has 1 unspecified atom stereocenters. The zero-order valence-corrected chi connectivity index (χ0v) is 11.1. The van der Waals surface area contributed by atoms with Gasteiger partial charge in [0, 0.05) is 33.0 Å². The average molecular weight is 258 g/mol. The quantitative estimate of drug-likeness (QED) is 0.716. The Labute approximate surface area is 106 Å². The molecule has 0 bridgehead atoms. The molecule has 0 aliphatic heterocycles. The van der Waals surface area contributed by atoms with Crippen molar-refractivity contribution in [3.05, 3.63) is 11.7 Å². The Morgan fingerprint density at radius 3 is 2.94 bits per heavy atom. The van der Waals surface area contributed by atoms with Gasteiger partial charge >= 0.3 is 0 Å². The monoisotopic (exact) mass is 258 g/mol. The molecule has 2 N–H and O–H groups in total. The summed E-state index contributed by atoms with van der Waals surface area (Å²) in [5.41, 5.74) is 0. The highest BCUT2D eigenvalue weighted by atomic mass is 32.1. The van der Waals surface area contributed by atoms with Crippen molar-refractivity contribution in [2.75, 3.05) is 20.3 Å². The van der Waals surface area contributed by atoms with Crippen LogP contribution in [0.25, 0.3) is 0 Å². The molecule has 0 radical (unpaired) electrons. The van der Waals surface area contributed by atoms with Gasteiger partial charge in [-0.3, -0.25) is 0 Å². The molecule has 1 heterocycles. The molecule has 1 rings (SSSR count). The first-order valence-electron chi connectivity index (χ1n) is 5.44. The van der Waals surface area contributed by atoms with Crippen molar-refractivity contribution in [2.24, 2.45) is 0 Å². The van der Waals surface area contributed by atoms with Gasteiger partial charge in [0.1, 0.15) is 0 Å². The summed E-state index contributed by atoms with van der Waals surface area (Å²) in [6.07, 6.45) is 0.678. The summed E-state index contributed by atoms with van der Waals surface area (Å²) in [6.45, 7) is 5.05. The van der Waals surface area contributed by atoms with E-state index in [1.165, 1.54) is 0 Å². The number of hydrogen-bond donors (Lipinski definition) is 2. The van der Waals surface area contributed by atoms with Crippen LogP contribution in [0.1, 0.15) is 18.6 Å². The van der Waals surface area contributed by atoms with Gasteiger partial charge in [-0.1, -0.05) is 5.16 Å². The van der Waals surface area contributed by atoms with E-state index in [1.54, 1.807) is 14.0 Å². The van der Waals surface area contributed by atoms with Gasteiger partial charge in [-0.05, 0) is 19.1 Å². The van der Waals surface area contributed by atoms with E-state index in [4.69, 9.17) is 21.5 Å². The Morgan fingerprint density at radius 2 is 2.35 bits per heavy atom. The van der Waals surface area contributed by atoms with E-state index in [-0.39, 0.29) is 6.04 Å². The third-order valence-electron chi connectivity index (χ3n) is 2.00. The highest BCUT2D eigenvalue weighted by Crippen LogP contribution is 1.94. The number of nitrogens with one attached hydrogen (secondary N) is 2. The maximum atomic E-state index is 5.12. The Kier molecular flexibility index (Phi) is 5.85. The second-order valence-electron chi connectivity index (χ2n) is 3.74. The standard InChI is InChI=1S/C10H18N4O2S/c1-7(6-15-3)12-10(17)11-5-4-9-13-8(2)16-14-9/h7H,4-6H2,1-3H3,(H2,11,12,17). The second-order valence-corrected chi connectivity index (χ2v) is 4.14. The predicted octanol–water partition coefficient (Wildman–Crippen LogP) is 0.420. The summed E-state index contributed by atoms with van der Waals surface area (Å²) in [7, 11) is 1.66. The second kappa shape index (κ2) is 7.18. The largest absolute Gasteiger partial charge is 0.383 e.